The van der Waals surface area contributed by atoms with Crippen LogP contribution >= 0.6 is 0 Å². The van der Waals surface area contributed by atoms with Crippen LogP contribution in [0.5, 0.6) is 5.75 Å². The van der Waals surface area contributed by atoms with Gasteiger partial charge in [-0.1, -0.05) is 18.2 Å². The molecule has 158 valence electrons. The van der Waals surface area contributed by atoms with E-state index < -0.39 is 0 Å². The second kappa shape index (κ2) is 9.19. The Morgan fingerprint density at radius 3 is 2.83 bits per heavy atom. The van der Waals surface area contributed by atoms with Gasteiger partial charge in [-0.05, 0) is 30.3 Å². The number of ether oxygens (including phenoxy) is 2. The van der Waals surface area contributed by atoms with Crippen LogP contribution in [0.1, 0.15) is 33.6 Å². The van der Waals surface area contributed by atoms with Crippen LogP contribution in [0.2, 0.25) is 0 Å². The smallest absolute Gasteiger partial charge is 0.287 e. The quantitative estimate of drug-likeness (QED) is 0.579. The maximum absolute atomic E-state index is 12.2. The number of hydrogen-bond donors (Lipinski definition) is 1. The normalized spacial score (nSPS) is 16.3. The molecule has 0 spiro atoms. The molecule has 0 aliphatic carbocycles. The van der Waals surface area contributed by atoms with Crippen LogP contribution in [0, 0.1) is 0 Å². The highest BCUT2D eigenvalue weighted by Crippen LogP contribution is 2.38. The third-order valence-corrected chi connectivity index (χ3v) is 5.41. The third kappa shape index (κ3) is 4.13. The van der Waals surface area contributed by atoms with E-state index in [4.69, 9.17) is 13.9 Å². The molecule has 2 aromatic heterocycles. The number of furan rings is 1. The number of methoxy groups -OCH3 is 2. The molecule has 1 aromatic carbocycles. The number of nitrogens with zero attached hydrogens (tertiary/aromatic N) is 2. The summed E-state index contributed by atoms with van der Waals surface area (Å²) in [5.41, 5.74) is 2.33. The molecule has 30 heavy (non-hydrogen) atoms. The van der Waals surface area contributed by atoms with E-state index >= 15 is 0 Å². The number of benzene rings is 1. The van der Waals surface area contributed by atoms with E-state index in [9.17, 15) is 4.79 Å². The summed E-state index contributed by atoms with van der Waals surface area (Å²) >= 11 is 0. The number of para-hydroxylation sites is 1. The monoisotopic (exact) mass is 409 g/mol. The Kier molecular flexibility index (Phi) is 6.21. The summed E-state index contributed by atoms with van der Waals surface area (Å²) in [6.07, 6.45) is 2.12. The van der Waals surface area contributed by atoms with Crippen molar-refractivity contribution in [2.24, 2.45) is 0 Å². The summed E-state index contributed by atoms with van der Waals surface area (Å²) in [4.78, 5) is 14.6. The topological polar surface area (TPSA) is 68.9 Å². The van der Waals surface area contributed by atoms with Crippen LogP contribution in [0.3, 0.4) is 0 Å². The average molecular weight is 409 g/mol. The van der Waals surface area contributed by atoms with Crippen molar-refractivity contribution in [2.45, 2.75) is 19.1 Å². The number of carbonyl (C=O) groups excluding carboxylic acids is 1. The molecule has 1 aliphatic rings. The first-order valence-electron chi connectivity index (χ1n) is 10.1. The van der Waals surface area contributed by atoms with Crippen molar-refractivity contribution in [1.82, 2.24) is 14.8 Å². The number of amides is 1. The molecule has 0 radical (unpaired) electrons. The Morgan fingerprint density at radius 2 is 2.00 bits per heavy atom. The van der Waals surface area contributed by atoms with E-state index in [-0.39, 0.29) is 11.9 Å². The van der Waals surface area contributed by atoms with E-state index in [2.05, 4.69) is 39.2 Å². The summed E-state index contributed by atoms with van der Waals surface area (Å²) in [7, 11) is 3.30. The average Bonchev–Trinajstić information content (AvgIpc) is 3.43. The zero-order valence-electron chi connectivity index (χ0n) is 17.3. The van der Waals surface area contributed by atoms with Crippen molar-refractivity contribution in [2.75, 3.05) is 33.9 Å². The highest BCUT2D eigenvalue weighted by Gasteiger charge is 2.31. The summed E-state index contributed by atoms with van der Waals surface area (Å²) in [6.45, 7) is 3.27. The molecule has 0 bridgehead atoms. The maximum Gasteiger partial charge on any atom is 0.287 e. The van der Waals surface area contributed by atoms with Gasteiger partial charge in [0.05, 0.1) is 26.3 Å². The molecular formula is C23H27N3O4. The maximum atomic E-state index is 12.2. The van der Waals surface area contributed by atoms with E-state index in [0.717, 1.165) is 30.2 Å². The lowest BCUT2D eigenvalue weighted by Gasteiger charge is -2.37. The summed E-state index contributed by atoms with van der Waals surface area (Å²) in [5, 5.41) is 2.78. The van der Waals surface area contributed by atoms with Gasteiger partial charge in [0, 0.05) is 44.2 Å². The Labute approximate surface area is 176 Å². The molecule has 1 atom stereocenters. The third-order valence-electron chi connectivity index (χ3n) is 5.41. The van der Waals surface area contributed by atoms with Gasteiger partial charge in [0.15, 0.2) is 5.76 Å². The highest BCUT2D eigenvalue weighted by atomic mass is 16.5. The van der Waals surface area contributed by atoms with Crippen LogP contribution in [0.15, 0.2) is 59.1 Å². The fourth-order valence-corrected chi connectivity index (χ4v) is 3.99. The molecular weight excluding hydrogens is 382 g/mol. The molecule has 1 N–H and O–H groups in total. The van der Waals surface area contributed by atoms with Gasteiger partial charge in [-0.25, -0.2) is 0 Å². The van der Waals surface area contributed by atoms with Gasteiger partial charge in [-0.15, -0.1) is 0 Å². The van der Waals surface area contributed by atoms with Crippen LogP contribution < -0.4 is 10.1 Å². The molecule has 3 heterocycles. The predicted molar refractivity (Wildman–Crippen MR) is 113 cm³/mol. The van der Waals surface area contributed by atoms with Crippen LogP contribution in [-0.2, 0) is 17.8 Å². The predicted octanol–water partition coefficient (Wildman–Crippen LogP) is 3.07. The van der Waals surface area contributed by atoms with Crippen molar-refractivity contribution >= 4 is 5.91 Å². The molecule has 3 aromatic rings. The number of rotatable bonds is 8. The fourth-order valence-electron chi connectivity index (χ4n) is 3.99. The second-order valence-electron chi connectivity index (χ2n) is 7.26. The summed E-state index contributed by atoms with van der Waals surface area (Å²) in [5.74, 6) is 1.70. The minimum Gasteiger partial charge on any atom is -0.496 e. The van der Waals surface area contributed by atoms with Gasteiger partial charge in [0.1, 0.15) is 11.5 Å². The first-order chi connectivity index (χ1) is 14.7. The SMILES string of the molecule is COCCNC(=O)c1ccc(CN2CCn3cccc3C2c2ccccc2OC)o1. The van der Waals surface area contributed by atoms with Crippen molar-refractivity contribution in [3.05, 3.63) is 77.5 Å². The van der Waals surface area contributed by atoms with Crippen LogP contribution in [0.25, 0.3) is 0 Å². The number of hydrogen-bond acceptors (Lipinski definition) is 5. The lowest BCUT2D eigenvalue weighted by Crippen LogP contribution is -2.38. The molecule has 0 saturated heterocycles. The van der Waals surface area contributed by atoms with Crippen molar-refractivity contribution in [1.29, 1.82) is 0 Å². The van der Waals surface area contributed by atoms with Gasteiger partial charge in [0.2, 0.25) is 0 Å². The van der Waals surface area contributed by atoms with Crippen LogP contribution in [-0.4, -0.2) is 49.3 Å². The largest absolute Gasteiger partial charge is 0.496 e. The first kappa shape index (κ1) is 20.3. The minimum atomic E-state index is -0.230. The van der Waals surface area contributed by atoms with Crippen molar-refractivity contribution in [3.8, 4) is 5.75 Å². The van der Waals surface area contributed by atoms with Gasteiger partial charge < -0.3 is 23.8 Å². The van der Waals surface area contributed by atoms with E-state index in [1.54, 1.807) is 20.3 Å². The van der Waals surface area contributed by atoms with E-state index in [1.165, 1.54) is 5.69 Å². The molecule has 4 rings (SSSR count). The molecule has 7 nitrogen and oxygen atoms in total. The standard InChI is InChI=1S/C23H27N3O4/c1-28-15-11-24-23(27)21-10-9-17(30-21)16-26-14-13-25-12-5-7-19(25)22(26)18-6-3-4-8-20(18)29-2/h3-10,12,22H,11,13-16H2,1-2H3,(H,24,27). The molecule has 1 unspecified atom stereocenters. The zero-order valence-corrected chi connectivity index (χ0v) is 17.3. The number of carbonyl (C=O) groups is 1. The zero-order chi connectivity index (χ0) is 20.9. The Bertz CT molecular complexity index is 994. The second-order valence-corrected chi connectivity index (χ2v) is 7.26. The molecule has 7 heteroatoms. The van der Waals surface area contributed by atoms with E-state index in [1.807, 2.05) is 24.3 Å². The number of aromatic nitrogens is 1. The van der Waals surface area contributed by atoms with Gasteiger partial charge in [-0.3, -0.25) is 9.69 Å². The Hall–Kier alpha value is -3.03. The first-order valence-corrected chi connectivity index (χ1v) is 10.1. The van der Waals surface area contributed by atoms with Crippen molar-refractivity contribution < 1.29 is 18.7 Å². The number of fused-ring (bicyclic) bond motifs is 1. The Balaban J connectivity index is 1.57. The summed E-state index contributed by atoms with van der Waals surface area (Å²) in [6, 6.07) is 16.0. The van der Waals surface area contributed by atoms with Crippen molar-refractivity contribution in [3.63, 3.8) is 0 Å². The molecule has 1 amide bonds. The van der Waals surface area contributed by atoms with E-state index in [0.29, 0.717) is 25.5 Å². The summed E-state index contributed by atoms with van der Waals surface area (Å²) < 4.78 is 18.8. The van der Waals surface area contributed by atoms with Gasteiger partial charge >= 0.3 is 0 Å². The molecule has 1 aliphatic heterocycles. The molecule has 0 fully saturated rings. The minimum absolute atomic E-state index is 0.0361. The lowest BCUT2D eigenvalue weighted by atomic mass is 9.98. The van der Waals surface area contributed by atoms with Crippen LogP contribution in [0.4, 0.5) is 0 Å². The lowest BCUT2D eigenvalue weighted by molar-refractivity contribution is 0.0903. The fraction of sp³-hybridized carbons (Fsp3) is 0.348. The van der Waals surface area contributed by atoms with Gasteiger partial charge in [-0.2, -0.15) is 0 Å². The number of nitrogens with one attached hydrogen (secondary N) is 1. The van der Waals surface area contributed by atoms with Gasteiger partial charge in [0.25, 0.3) is 5.91 Å². The highest BCUT2D eigenvalue weighted by molar-refractivity contribution is 5.91. The Morgan fingerprint density at radius 1 is 1.13 bits per heavy atom. The molecule has 0 saturated carbocycles.